The van der Waals surface area contributed by atoms with Crippen molar-refractivity contribution in [3.8, 4) is 0 Å². The van der Waals surface area contributed by atoms with Crippen LogP contribution in [0, 0.1) is 5.21 Å². The van der Waals surface area contributed by atoms with Crippen molar-refractivity contribution in [2.75, 3.05) is 39.4 Å². The van der Waals surface area contributed by atoms with E-state index in [-0.39, 0.29) is 13.2 Å². The lowest BCUT2D eigenvalue weighted by molar-refractivity contribution is 0.0347. The number of aliphatic hydroxyl groups excluding tert-OH is 1. The summed E-state index contributed by atoms with van der Waals surface area (Å²) >= 11 is 0. The van der Waals surface area contributed by atoms with Crippen molar-refractivity contribution in [3.05, 3.63) is 40.6 Å². The molecule has 0 bridgehead atoms. The Balaban J connectivity index is 1.83. The normalized spacial score (nSPS) is 16.1. The molecule has 0 radical (unpaired) electrons. The zero-order chi connectivity index (χ0) is 14.4. The van der Waals surface area contributed by atoms with Crippen molar-refractivity contribution >= 4 is 5.91 Å². The van der Waals surface area contributed by atoms with Crippen LogP contribution in [0.15, 0.2) is 24.3 Å². The standard InChI is InChI=1S/C14H19N2O4/c17-11-12-1-3-13(4-2-12)14(18)16(19)6-5-15-7-9-20-10-8-15/h1-4,17H,5-11H2/q-1. The third-order valence-corrected chi connectivity index (χ3v) is 3.33. The van der Waals surface area contributed by atoms with Crippen molar-refractivity contribution in [1.29, 1.82) is 0 Å². The fraction of sp³-hybridized carbons (Fsp3) is 0.500. The minimum absolute atomic E-state index is 0.0768. The number of ether oxygens (including phenoxy) is 1. The molecule has 0 unspecified atom stereocenters. The number of carbonyl (C=O) groups is 1. The van der Waals surface area contributed by atoms with Crippen LogP contribution in [0.5, 0.6) is 0 Å². The fourth-order valence-electron chi connectivity index (χ4n) is 2.06. The van der Waals surface area contributed by atoms with Crippen LogP contribution in [0.2, 0.25) is 0 Å². The maximum absolute atomic E-state index is 11.9. The third kappa shape index (κ3) is 4.01. The first-order valence-corrected chi connectivity index (χ1v) is 6.69. The predicted molar refractivity (Wildman–Crippen MR) is 74.0 cm³/mol. The fourth-order valence-corrected chi connectivity index (χ4v) is 2.06. The highest BCUT2D eigenvalue weighted by Crippen LogP contribution is 2.08. The molecule has 1 aromatic rings. The molecule has 0 aliphatic carbocycles. The summed E-state index contributed by atoms with van der Waals surface area (Å²) in [5, 5.41) is 21.2. The first kappa shape index (κ1) is 14.9. The molecule has 0 saturated carbocycles. The lowest BCUT2D eigenvalue weighted by atomic mass is 10.1. The predicted octanol–water partition coefficient (Wildman–Crippen LogP) is 0.451. The van der Waals surface area contributed by atoms with Gasteiger partial charge in [-0.15, -0.1) is 0 Å². The number of nitrogens with zero attached hydrogens (tertiary/aromatic N) is 2. The van der Waals surface area contributed by atoms with Crippen LogP contribution in [0.4, 0.5) is 0 Å². The molecular formula is C14H19N2O4-. The van der Waals surface area contributed by atoms with Crippen LogP contribution in [0.25, 0.3) is 0 Å². The molecular weight excluding hydrogens is 260 g/mol. The molecule has 1 N–H and O–H groups in total. The molecule has 110 valence electrons. The van der Waals surface area contributed by atoms with E-state index in [9.17, 15) is 10.0 Å². The van der Waals surface area contributed by atoms with Gasteiger partial charge < -0.3 is 20.1 Å². The van der Waals surface area contributed by atoms with Crippen molar-refractivity contribution < 1.29 is 14.6 Å². The van der Waals surface area contributed by atoms with Crippen LogP contribution in [-0.4, -0.2) is 60.4 Å². The maximum Gasteiger partial charge on any atom is 0.243 e. The minimum Gasteiger partial charge on any atom is -0.756 e. The number of carbonyl (C=O) groups excluding carboxylic acids is 1. The summed E-state index contributed by atoms with van der Waals surface area (Å²) in [5.41, 5.74) is 1.06. The molecule has 6 nitrogen and oxygen atoms in total. The van der Waals surface area contributed by atoms with Gasteiger partial charge in [-0.2, -0.15) is 0 Å². The Morgan fingerprint density at radius 3 is 2.55 bits per heavy atom. The highest BCUT2D eigenvalue weighted by molar-refractivity contribution is 5.94. The van der Waals surface area contributed by atoms with E-state index in [1.807, 2.05) is 0 Å². The molecule has 0 atom stereocenters. The van der Waals surface area contributed by atoms with E-state index in [0.717, 1.165) is 13.1 Å². The van der Waals surface area contributed by atoms with Crippen LogP contribution in [0.1, 0.15) is 15.9 Å². The highest BCUT2D eigenvalue weighted by Gasteiger charge is 2.12. The summed E-state index contributed by atoms with van der Waals surface area (Å²) in [4.78, 5) is 14.0. The number of morpholine rings is 1. The summed E-state index contributed by atoms with van der Waals surface area (Å²) in [6, 6.07) is 6.41. The quantitative estimate of drug-likeness (QED) is 0.792. The van der Waals surface area contributed by atoms with E-state index in [2.05, 4.69) is 4.90 Å². The Kier molecular flexibility index (Phi) is 5.49. The van der Waals surface area contributed by atoms with Gasteiger partial charge in [-0.3, -0.25) is 9.69 Å². The van der Waals surface area contributed by atoms with Gasteiger partial charge in [0.25, 0.3) is 0 Å². The topological polar surface area (TPSA) is 76.1 Å². The van der Waals surface area contributed by atoms with Gasteiger partial charge in [0.2, 0.25) is 5.91 Å². The summed E-state index contributed by atoms with van der Waals surface area (Å²) in [7, 11) is 0. The number of rotatable bonds is 5. The second kappa shape index (κ2) is 7.35. The smallest absolute Gasteiger partial charge is 0.243 e. The van der Waals surface area contributed by atoms with E-state index in [1.165, 1.54) is 0 Å². The van der Waals surface area contributed by atoms with E-state index >= 15 is 0 Å². The highest BCUT2D eigenvalue weighted by atomic mass is 16.5. The maximum atomic E-state index is 11.9. The van der Waals surface area contributed by atoms with Gasteiger partial charge in [0.05, 0.1) is 19.8 Å². The number of hydrogen-bond acceptors (Lipinski definition) is 5. The molecule has 1 fully saturated rings. The third-order valence-electron chi connectivity index (χ3n) is 3.33. The number of benzene rings is 1. The molecule has 20 heavy (non-hydrogen) atoms. The van der Waals surface area contributed by atoms with Gasteiger partial charge in [-0.05, 0) is 17.7 Å². The number of hydroxylamine groups is 2. The second-order valence-corrected chi connectivity index (χ2v) is 4.72. The van der Waals surface area contributed by atoms with Crippen molar-refractivity contribution in [2.24, 2.45) is 0 Å². The molecule has 1 saturated heterocycles. The Morgan fingerprint density at radius 2 is 1.95 bits per heavy atom. The average Bonchev–Trinajstić information content (AvgIpc) is 2.53. The molecule has 1 amide bonds. The molecule has 1 aliphatic heterocycles. The monoisotopic (exact) mass is 279 g/mol. The Bertz CT molecular complexity index is 429. The Morgan fingerprint density at radius 1 is 1.30 bits per heavy atom. The van der Waals surface area contributed by atoms with Gasteiger partial charge in [-0.25, -0.2) is 0 Å². The van der Waals surface area contributed by atoms with E-state index in [4.69, 9.17) is 9.84 Å². The van der Waals surface area contributed by atoms with E-state index < -0.39 is 5.91 Å². The summed E-state index contributed by atoms with van der Waals surface area (Å²) in [5.74, 6) is -0.539. The molecule has 1 aliphatic rings. The van der Waals surface area contributed by atoms with Crippen LogP contribution in [0.3, 0.4) is 0 Å². The van der Waals surface area contributed by atoms with E-state index in [1.54, 1.807) is 24.3 Å². The average molecular weight is 279 g/mol. The van der Waals surface area contributed by atoms with Crippen LogP contribution < -0.4 is 0 Å². The van der Waals surface area contributed by atoms with Gasteiger partial charge in [-0.1, -0.05) is 12.1 Å². The lowest BCUT2D eigenvalue weighted by Gasteiger charge is -2.33. The lowest BCUT2D eigenvalue weighted by Crippen LogP contribution is -2.41. The van der Waals surface area contributed by atoms with Gasteiger partial charge >= 0.3 is 0 Å². The van der Waals surface area contributed by atoms with Crippen molar-refractivity contribution in [1.82, 2.24) is 9.96 Å². The molecule has 1 aromatic carbocycles. The Labute approximate surface area is 118 Å². The van der Waals surface area contributed by atoms with E-state index in [0.29, 0.717) is 35.9 Å². The SMILES string of the molecule is O=C(c1ccc(CO)cc1)N([O-])CCN1CCOCC1. The molecule has 2 rings (SSSR count). The number of amides is 1. The molecule has 6 heteroatoms. The Hall–Kier alpha value is -1.47. The second-order valence-electron chi connectivity index (χ2n) is 4.72. The summed E-state index contributed by atoms with van der Waals surface area (Å²) in [6.45, 7) is 3.59. The largest absolute Gasteiger partial charge is 0.756 e. The first-order valence-electron chi connectivity index (χ1n) is 6.69. The van der Waals surface area contributed by atoms with Crippen molar-refractivity contribution in [3.63, 3.8) is 0 Å². The zero-order valence-corrected chi connectivity index (χ0v) is 11.3. The summed E-state index contributed by atoms with van der Waals surface area (Å²) < 4.78 is 5.22. The molecule has 0 aromatic heterocycles. The zero-order valence-electron chi connectivity index (χ0n) is 11.3. The molecule has 0 spiro atoms. The number of hydrogen-bond donors (Lipinski definition) is 1. The van der Waals surface area contributed by atoms with Crippen LogP contribution >= 0.6 is 0 Å². The van der Waals surface area contributed by atoms with Crippen LogP contribution in [-0.2, 0) is 11.3 Å². The first-order chi connectivity index (χ1) is 9.70. The number of aliphatic hydroxyl groups is 1. The van der Waals surface area contributed by atoms with Gasteiger partial charge in [0.1, 0.15) is 0 Å². The summed E-state index contributed by atoms with van der Waals surface area (Å²) in [6.07, 6.45) is 0. The van der Waals surface area contributed by atoms with Gasteiger partial charge in [0, 0.05) is 31.7 Å². The molecule has 1 heterocycles. The van der Waals surface area contributed by atoms with Gasteiger partial charge in [0.15, 0.2) is 0 Å². The minimum atomic E-state index is -0.539. The van der Waals surface area contributed by atoms with Crippen molar-refractivity contribution in [2.45, 2.75) is 6.61 Å².